The number of nitrogens with one attached hydrogen (secondary N) is 1. The third kappa shape index (κ3) is 4.08. The van der Waals surface area contributed by atoms with Gasteiger partial charge in [0.1, 0.15) is 24.3 Å². The molecule has 1 saturated heterocycles. The number of likely N-dealkylation sites (tertiary alicyclic amines) is 1. The standard InChI is InChI=1S/C24H25FN2O2S/c25-18-4-5-23-17(12-18)13-24(30-23)16-7-10-27(11-8-16)14-19(28)15-29-22-3-1-2-21-20(22)6-9-26-21/h1-6,9,12-13,16,19,26,28H,7-8,10-11,14-15H2/t19-/m0/s1. The Morgan fingerprint density at radius 3 is 2.90 bits per heavy atom. The summed E-state index contributed by atoms with van der Waals surface area (Å²) in [6.07, 6.45) is 3.49. The number of aromatic nitrogens is 1. The number of H-pyrrole nitrogens is 1. The van der Waals surface area contributed by atoms with Crippen molar-refractivity contribution in [3.8, 4) is 5.75 Å². The molecular weight excluding hydrogens is 399 g/mol. The number of fused-ring (bicyclic) bond motifs is 2. The van der Waals surface area contributed by atoms with Crippen LogP contribution in [0.2, 0.25) is 0 Å². The molecule has 1 fully saturated rings. The summed E-state index contributed by atoms with van der Waals surface area (Å²) in [6.45, 7) is 2.81. The number of ether oxygens (including phenoxy) is 1. The first-order valence-corrected chi connectivity index (χ1v) is 11.3. The van der Waals surface area contributed by atoms with Crippen molar-refractivity contribution in [2.24, 2.45) is 0 Å². The van der Waals surface area contributed by atoms with Crippen molar-refractivity contribution >= 4 is 32.3 Å². The molecule has 0 radical (unpaired) electrons. The SMILES string of the molecule is O[C@H](COc1cccc2[nH]ccc12)CN1CCC(c2cc3cc(F)ccc3s2)CC1. The van der Waals surface area contributed by atoms with Gasteiger partial charge in [0.25, 0.3) is 0 Å². The Morgan fingerprint density at radius 1 is 1.17 bits per heavy atom. The Bertz CT molecular complexity index is 1150. The molecule has 1 aliphatic rings. The molecule has 0 unspecified atom stereocenters. The van der Waals surface area contributed by atoms with E-state index in [2.05, 4.69) is 16.0 Å². The normalized spacial score (nSPS) is 17.0. The molecule has 0 bridgehead atoms. The van der Waals surface area contributed by atoms with Crippen molar-refractivity contribution in [1.29, 1.82) is 0 Å². The number of nitrogens with zero attached hydrogens (tertiary/aromatic N) is 1. The first-order valence-electron chi connectivity index (χ1n) is 10.4. The van der Waals surface area contributed by atoms with E-state index in [0.29, 0.717) is 12.5 Å². The highest BCUT2D eigenvalue weighted by atomic mass is 32.1. The van der Waals surface area contributed by atoms with Gasteiger partial charge in [-0.1, -0.05) is 6.07 Å². The number of aromatic amines is 1. The van der Waals surface area contributed by atoms with Crippen molar-refractivity contribution in [1.82, 2.24) is 9.88 Å². The fourth-order valence-corrected chi connectivity index (χ4v) is 5.57. The van der Waals surface area contributed by atoms with Crippen LogP contribution in [0.15, 0.2) is 54.7 Å². The van der Waals surface area contributed by atoms with E-state index >= 15 is 0 Å². The molecule has 0 spiro atoms. The smallest absolute Gasteiger partial charge is 0.128 e. The average molecular weight is 425 g/mol. The lowest BCUT2D eigenvalue weighted by Crippen LogP contribution is -2.40. The summed E-state index contributed by atoms with van der Waals surface area (Å²) in [6, 6.07) is 15.1. The molecule has 156 valence electrons. The van der Waals surface area contributed by atoms with E-state index < -0.39 is 6.10 Å². The van der Waals surface area contributed by atoms with Crippen molar-refractivity contribution in [2.45, 2.75) is 24.9 Å². The van der Waals surface area contributed by atoms with Gasteiger partial charge in [0, 0.05) is 33.2 Å². The van der Waals surface area contributed by atoms with Gasteiger partial charge >= 0.3 is 0 Å². The zero-order chi connectivity index (χ0) is 20.5. The number of hydrogen-bond donors (Lipinski definition) is 2. The van der Waals surface area contributed by atoms with Crippen LogP contribution in [0.25, 0.3) is 21.0 Å². The minimum atomic E-state index is -0.525. The van der Waals surface area contributed by atoms with E-state index in [1.807, 2.05) is 36.5 Å². The Labute approximate surface area is 178 Å². The summed E-state index contributed by atoms with van der Waals surface area (Å²) in [5.74, 6) is 1.14. The lowest BCUT2D eigenvalue weighted by molar-refractivity contribution is 0.0600. The number of aliphatic hydroxyl groups excluding tert-OH is 1. The molecule has 0 saturated carbocycles. The van der Waals surface area contributed by atoms with E-state index in [4.69, 9.17) is 4.74 Å². The number of hydrogen-bond acceptors (Lipinski definition) is 4. The Kier molecular flexibility index (Phi) is 5.46. The fraction of sp³-hybridized carbons (Fsp3) is 0.333. The first kappa shape index (κ1) is 19.5. The monoisotopic (exact) mass is 424 g/mol. The van der Waals surface area contributed by atoms with Crippen LogP contribution in [0.3, 0.4) is 0 Å². The lowest BCUT2D eigenvalue weighted by Gasteiger charge is -2.32. The Hall–Kier alpha value is -2.41. The van der Waals surface area contributed by atoms with Gasteiger partial charge < -0.3 is 19.7 Å². The topological polar surface area (TPSA) is 48.5 Å². The van der Waals surface area contributed by atoms with E-state index in [-0.39, 0.29) is 12.4 Å². The number of aliphatic hydroxyl groups is 1. The van der Waals surface area contributed by atoms with E-state index in [0.717, 1.165) is 52.7 Å². The summed E-state index contributed by atoms with van der Waals surface area (Å²) >= 11 is 1.78. The van der Waals surface area contributed by atoms with Crippen LogP contribution in [-0.2, 0) is 0 Å². The fourth-order valence-electron chi connectivity index (χ4n) is 4.36. The van der Waals surface area contributed by atoms with Gasteiger partial charge in [-0.15, -0.1) is 11.3 Å². The number of rotatable bonds is 6. The molecule has 5 rings (SSSR count). The molecule has 0 aliphatic carbocycles. The summed E-state index contributed by atoms with van der Waals surface area (Å²) in [5.41, 5.74) is 1.04. The Morgan fingerprint density at radius 2 is 2.03 bits per heavy atom. The molecule has 2 aromatic heterocycles. The third-order valence-corrected chi connectivity index (χ3v) is 7.22. The van der Waals surface area contributed by atoms with Gasteiger partial charge in [-0.3, -0.25) is 0 Å². The highest BCUT2D eigenvalue weighted by Gasteiger charge is 2.24. The van der Waals surface area contributed by atoms with Gasteiger partial charge in [-0.05, 0) is 79.7 Å². The van der Waals surface area contributed by atoms with Crippen molar-refractivity contribution in [3.05, 3.63) is 65.4 Å². The molecule has 4 nitrogen and oxygen atoms in total. The van der Waals surface area contributed by atoms with E-state index in [1.54, 1.807) is 17.4 Å². The van der Waals surface area contributed by atoms with Crippen LogP contribution in [0.4, 0.5) is 4.39 Å². The number of benzene rings is 2. The molecule has 0 amide bonds. The van der Waals surface area contributed by atoms with Gasteiger partial charge in [0.15, 0.2) is 0 Å². The maximum Gasteiger partial charge on any atom is 0.128 e. The third-order valence-electron chi connectivity index (χ3n) is 5.94. The summed E-state index contributed by atoms with van der Waals surface area (Å²) < 4.78 is 20.5. The molecule has 4 aromatic rings. The van der Waals surface area contributed by atoms with Crippen LogP contribution < -0.4 is 4.74 Å². The highest BCUT2D eigenvalue weighted by molar-refractivity contribution is 7.19. The summed E-state index contributed by atoms with van der Waals surface area (Å²) in [4.78, 5) is 6.83. The molecule has 30 heavy (non-hydrogen) atoms. The first-order chi connectivity index (χ1) is 14.7. The second kappa shape index (κ2) is 8.38. The maximum absolute atomic E-state index is 13.5. The van der Waals surface area contributed by atoms with Gasteiger partial charge in [-0.2, -0.15) is 0 Å². The molecular formula is C24H25FN2O2S. The maximum atomic E-state index is 13.5. The lowest BCUT2D eigenvalue weighted by atomic mass is 9.95. The van der Waals surface area contributed by atoms with Crippen LogP contribution in [-0.4, -0.2) is 47.3 Å². The van der Waals surface area contributed by atoms with E-state index in [1.165, 1.54) is 10.9 Å². The van der Waals surface area contributed by atoms with Crippen LogP contribution >= 0.6 is 11.3 Å². The largest absolute Gasteiger partial charge is 0.490 e. The minimum absolute atomic E-state index is 0.175. The number of piperidine rings is 1. The highest BCUT2D eigenvalue weighted by Crippen LogP contribution is 2.36. The summed E-state index contributed by atoms with van der Waals surface area (Å²) in [7, 11) is 0. The van der Waals surface area contributed by atoms with E-state index in [9.17, 15) is 9.50 Å². The zero-order valence-electron chi connectivity index (χ0n) is 16.7. The molecule has 6 heteroatoms. The van der Waals surface area contributed by atoms with Gasteiger partial charge in [-0.25, -0.2) is 4.39 Å². The Balaban J connectivity index is 1.13. The molecule has 1 atom stereocenters. The predicted molar refractivity (Wildman–Crippen MR) is 120 cm³/mol. The van der Waals surface area contributed by atoms with Gasteiger partial charge in [0.05, 0.1) is 0 Å². The number of thiophene rings is 1. The van der Waals surface area contributed by atoms with Crippen LogP contribution in [0, 0.1) is 5.82 Å². The predicted octanol–water partition coefficient (Wildman–Crippen LogP) is 5.14. The van der Waals surface area contributed by atoms with Crippen LogP contribution in [0.5, 0.6) is 5.75 Å². The second-order valence-corrected chi connectivity index (χ2v) is 9.18. The molecule has 1 aliphatic heterocycles. The molecule has 2 N–H and O–H groups in total. The average Bonchev–Trinajstić information content (AvgIpc) is 3.39. The second-order valence-electron chi connectivity index (χ2n) is 8.07. The van der Waals surface area contributed by atoms with Crippen molar-refractivity contribution < 1.29 is 14.2 Å². The minimum Gasteiger partial charge on any atom is -0.490 e. The van der Waals surface area contributed by atoms with Crippen molar-refractivity contribution in [3.63, 3.8) is 0 Å². The van der Waals surface area contributed by atoms with Gasteiger partial charge in [0.2, 0.25) is 0 Å². The molecule has 2 aromatic carbocycles. The molecule has 3 heterocycles. The van der Waals surface area contributed by atoms with Crippen molar-refractivity contribution in [2.75, 3.05) is 26.2 Å². The number of β-amino-alcohol motifs (C(OH)–C–C–N with tert-alkyl or cyclic N) is 1. The quantitative estimate of drug-likeness (QED) is 0.451. The zero-order valence-corrected chi connectivity index (χ0v) is 17.5. The van der Waals surface area contributed by atoms with Crippen LogP contribution in [0.1, 0.15) is 23.6 Å². The number of halogens is 1. The summed E-state index contributed by atoms with van der Waals surface area (Å²) in [5, 5.41) is 12.5.